The van der Waals surface area contributed by atoms with E-state index in [0.29, 0.717) is 6.54 Å². The van der Waals surface area contributed by atoms with Crippen LogP contribution in [0.3, 0.4) is 0 Å². The highest BCUT2D eigenvalue weighted by molar-refractivity contribution is 8.00. The predicted molar refractivity (Wildman–Crippen MR) is 97.4 cm³/mol. The summed E-state index contributed by atoms with van der Waals surface area (Å²) in [7, 11) is 3.92. The van der Waals surface area contributed by atoms with Gasteiger partial charge in [-0.3, -0.25) is 9.59 Å². The van der Waals surface area contributed by atoms with E-state index in [1.165, 1.54) is 18.7 Å². The lowest BCUT2D eigenvalue weighted by Crippen LogP contribution is -2.47. The molecular formula is C18H24N2O3S. The van der Waals surface area contributed by atoms with Crippen molar-refractivity contribution < 1.29 is 14.3 Å². The van der Waals surface area contributed by atoms with Crippen LogP contribution in [0.1, 0.15) is 13.8 Å². The Morgan fingerprint density at radius 3 is 2.58 bits per heavy atom. The number of benzene rings is 1. The molecule has 0 N–H and O–H groups in total. The van der Waals surface area contributed by atoms with Crippen molar-refractivity contribution in [3.05, 3.63) is 36.4 Å². The average molecular weight is 348 g/mol. The van der Waals surface area contributed by atoms with Gasteiger partial charge in [0.1, 0.15) is 0 Å². The molecule has 1 amide bonds. The summed E-state index contributed by atoms with van der Waals surface area (Å²) in [5, 5.41) is -0.299. The van der Waals surface area contributed by atoms with Crippen LogP contribution in [0.4, 0.5) is 5.69 Å². The fourth-order valence-corrected chi connectivity index (χ4v) is 3.79. The SMILES string of the molecule is C=C(C)C1Sc2ccccc2N(CCN(C)C)C(=O)C1OC(C)=O. The summed E-state index contributed by atoms with van der Waals surface area (Å²) in [6.07, 6.45) is -0.862. The van der Waals surface area contributed by atoms with E-state index in [1.54, 1.807) is 4.90 Å². The number of carbonyl (C=O) groups is 2. The lowest BCUT2D eigenvalue weighted by Gasteiger charge is -2.28. The molecule has 5 nitrogen and oxygen atoms in total. The number of hydrogen-bond donors (Lipinski definition) is 0. The number of likely N-dealkylation sites (N-methyl/N-ethyl adjacent to an activating group) is 1. The Morgan fingerprint density at radius 1 is 1.33 bits per heavy atom. The van der Waals surface area contributed by atoms with Crippen LogP contribution in [-0.4, -0.2) is 55.3 Å². The van der Waals surface area contributed by atoms with Crippen LogP contribution in [0, 0.1) is 0 Å². The Kier molecular flexibility index (Phi) is 6.07. The van der Waals surface area contributed by atoms with Crippen molar-refractivity contribution in [2.45, 2.75) is 30.1 Å². The van der Waals surface area contributed by atoms with Crippen LogP contribution in [0.15, 0.2) is 41.3 Å². The first kappa shape index (κ1) is 18.5. The largest absolute Gasteiger partial charge is 0.451 e. The molecule has 0 bridgehead atoms. The summed E-state index contributed by atoms with van der Waals surface area (Å²) in [6.45, 7) is 8.43. The first-order valence-electron chi connectivity index (χ1n) is 7.85. The van der Waals surface area contributed by atoms with Gasteiger partial charge >= 0.3 is 5.97 Å². The van der Waals surface area contributed by atoms with Crippen molar-refractivity contribution in [1.29, 1.82) is 0 Å². The van der Waals surface area contributed by atoms with Gasteiger partial charge in [-0.2, -0.15) is 0 Å². The molecule has 1 aliphatic rings. The molecule has 2 unspecified atom stereocenters. The summed E-state index contributed by atoms with van der Waals surface area (Å²) in [6, 6.07) is 7.78. The Balaban J connectivity index is 2.47. The van der Waals surface area contributed by atoms with E-state index in [0.717, 1.165) is 22.7 Å². The number of fused-ring (bicyclic) bond motifs is 1. The molecule has 0 fully saturated rings. The normalized spacial score (nSPS) is 20.5. The second kappa shape index (κ2) is 7.85. The molecule has 130 valence electrons. The van der Waals surface area contributed by atoms with Crippen molar-refractivity contribution in [3.8, 4) is 0 Å². The Bertz CT molecular complexity index is 645. The molecule has 1 aromatic rings. The molecule has 1 aliphatic heterocycles. The van der Waals surface area contributed by atoms with Gasteiger partial charge in [-0.1, -0.05) is 24.3 Å². The van der Waals surface area contributed by atoms with Gasteiger partial charge in [0.15, 0.2) is 6.10 Å². The minimum atomic E-state index is -0.862. The minimum Gasteiger partial charge on any atom is -0.451 e. The van der Waals surface area contributed by atoms with Crippen LogP contribution in [0.2, 0.25) is 0 Å². The monoisotopic (exact) mass is 348 g/mol. The molecule has 0 spiro atoms. The van der Waals surface area contributed by atoms with Crippen LogP contribution in [0.25, 0.3) is 0 Å². The van der Waals surface area contributed by atoms with Gasteiger partial charge in [-0.05, 0) is 33.2 Å². The molecule has 2 rings (SSSR count). The molecule has 0 saturated heterocycles. The van der Waals surface area contributed by atoms with E-state index >= 15 is 0 Å². The van der Waals surface area contributed by atoms with Crippen LogP contribution in [0.5, 0.6) is 0 Å². The van der Waals surface area contributed by atoms with Gasteiger partial charge in [0.2, 0.25) is 0 Å². The van der Waals surface area contributed by atoms with Crippen molar-refractivity contribution in [2.75, 3.05) is 32.1 Å². The molecule has 24 heavy (non-hydrogen) atoms. The zero-order chi connectivity index (χ0) is 17.9. The highest BCUT2D eigenvalue weighted by Gasteiger charge is 2.40. The molecule has 0 aromatic heterocycles. The molecule has 1 heterocycles. The van der Waals surface area contributed by atoms with Gasteiger partial charge in [0, 0.05) is 24.9 Å². The number of para-hydroxylation sites is 1. The van der Waals surface area contributed by atoms with Gasteiger partial charge in [0.25, 0.3) is 5.91 Å². The standard InChI is InChI=1S/C18H24N2O3S/c1-12(2)17-16(23-13(3)21)18(22)20(11-10-19(4)5)14-8-6-7-9-15(14)24-17/h6-9,16-17H,1,10-11H2,2-5H3. The number of esters is 1. The predicted octanol–water partition coefficient (Wildman–Crippen LogP) is 2.56. The van der Waals surface area contributed by atoms with E-state index in [9.17, 15) is 9.59 Å². The number of carbonyl (C=O) groups excluding carboxylic acids is 2. The second-order valence-electron chi connectivity index (χ2n) is 6.18. The third kappa shape index (κ3) is 4.19. The fourth-order valence-electron chi connectivity index (χ4n) is 2.56. The Labute approximate surface area is 147 Å². The minimum absolute atomic E-state index is 0.197. The molecule has 0 saturated carbocycles. The van der Waals surface area contributed by atoms with E-state index in [-0.39, 0.29) is 11.2 Å². The highest BCUT2D eigenvalue weighted by Crippen LogP contribution is 2.41. The fraction of sp³-hybridized carbons (Fsp3) is 0.444. The molecule has 0 aliphatic carbocycles. The summed E-state index contributed by atoms with van der Waals surface area (Å²) in [5.74, 6) is -0.656. The number of hydrogen-bond acceptors (Lipinski definition) is 5. The van der Waals surface area contributed by atoms with E-state index in [1.807, 2.05) is 50.2 Å². The average Bonchev–Trinajstić information content (AvgIpc) is 2.61. The Hall–Kier alpha value is -1.79. The number of anilines is 1. The number of nitrogens with zero attached hydrogens (tertiary/aromatic N) is 2. The Morgan fingerprint density at radius 2 is 2.00 bits per heavy atom. The molecule has 2 atom stereocenters. The van der Waals surface area contributed by atoms with Gasteiger partial charge in [0.05, 0.1) is 10.9 Å². The third-order valence-corrected chi connectivity index (χ3v) is 5.25. The highest BCUT2D eigenvalue weighted by atomic mass is 32.2. The summed E-state index contributed by atoms with van der Waals surface area (Å²) >= 11 is 1.52. The van der Waals surface area contributed by atoms with Crippen LogP contribution >= 0.6 is 11.8 Å². The molecular weight excluding hydrogens is 324 g/mol. The topological polar surface area (TPSA) is 49.9 Å². The molecule has 0 radical (unpaired) electrons. The lowest BCUT2D eigenvalue weighted by molar-refractivity contribution is -0.152. The van der Waals surface area contributed by atoms with E-state index < -0.39 is 12.1 Å². The zero-order valence-corrected chi connectivity index (χ0v) is 15.4. The van der Waals surface area contributed by atoms with E-state index in [4.69, 9.17) is 4.74 Å². The van der Waals surface area contributed by atoms with Gasteiger partial charge < -0.3 is 14.5 Å². The van der Waals surface area contributed by atoms with Crippen molar-refractivity contribution in [3.63, 3.8) is 0 Å². The maximum absolute atomic E-state index is 13.1. The summed E-state index contributed by atoms with van der Waals surface area (Å²) in [4.78, 5) is 29.4. The summed E-state index contributed by atoms with van der Waals surface area (Å²) in [5.41, 5.74) is 1.67. The number of amides is 1. The first-order valence-corrected chi connectivity index (χ1v) is 8.73. The zero-order valence-electron chi connectivity index (χ0n) is 14.6. The van der Waals surface area contributed by atoms with E-state index in [2.05, 4.69) is 6.58 Å². The second-order valence-corrected chi connectivity index (χ2v) is 7.36. The van der Waals surface area contributed by atoms with Gasteiger partial charge in [-0.15, -0.1) is 11.8 Å². The van der Waals surface area contributed by atoms with Crippen LogP contribution in [-0.2, 0) is 14.3 Å². The maximum atomic E-state index is 13.1. The van der Waals surface area contributed by atoms with Crippen molar-refractivity contribution >= 4 is 29.3 Å². The smallest absolute Gasteiger partial charge is 0.303 e. The van der Waals surface area contributed by atoms with Crippen molar-refractivity contribution in [1.82, 2.24) is 4.90 Å². The first-order chi connectivity index (χ1) is 11.3. The lowest BCUT2D eigenvalue weighted by atomic mass is 10.1. The quantitative estimate of drug-likeness (QED) is 0.605. The number of ether oxygens (including phenoxy) is 1. The third-order valence-electron chi connectivity index (χ3n) is 3.74. The maximum Gasteiger partial charge on any atom is 0.303 e. The number of thioether (sulfide) groups is 1. The number of rotatable bonds is 5. The molecule has 1 aromatic carbocycles. The van der Waals surface area contributed by atoms with Gasteiger partial charge in [-0.25, -0.2) is 0 Å². The molecule has 6 heteroatoms. The van der Waals surface area contributed by atoms with Crippen molar-refractivity contribution in [2.24, 2.45) is 0 Å². The van der Waals surface area contributed by atoms with Crippen LogP contribution < -0.4 is 4.90 Å². The summed E-state index contributed by atoms with van der Waals surface area (Å²) < 4.78 is 5.40.